The van der Waals surface area contributed by atoms with Crippen LogP contribution >= 0.6 is 0 Å². The highest BCUT2D eigenvalue weighted by Gasteiger charge is 2.41. The molecule has 1 aliphatic heterocycles. The van der Waals surface area contributed by atoms with Crippen molar-refractivity contribution in [1.82, 2.24) is 0 Å². The van der Waals surface area contributed by atoms with E-state index in [-0.39, 0.29) is 18.5 Å². The van der Waals surface area contributed by atoms with Crippen LogP contribution in [0, 0.1) is 0 Å². The highest BCUT2D eigenvalue weighted by molar-refractivity contribution is 4.94. The molecule has 0 amide bonds. The molecule has 2 fully saturated rings. The number of hydrogen-bond acceptors (Lipinski definition) is 3. The van der Waals surface area contributed by atoms with Gasteiger partial charge in [-0.05, 0) is 12.8 Å². The summed E-state index contributed by atoms with van der Waals surface area (Å²) in [6, 6.07) is 0. The van der Waals surface area contributed by atoms with Crippen LogP contribution in [-0.4, -0.2) is 30.2 Å². The van der Waals surface area contributed by atoms with Crippen molar-refractivity contribution in [2.75, 3.05) is 13.2 Å². The maximum absolute atomic E-state index is 8.65. The fourth-order valence-corrected chi connectivity index (χ4v) is 2.24. The van der Waals surface area contributed by atoms with E-state index in [0.29, 0.717) is 6.61 Å². The van der Waals surface area contributed by atoms with Crippen molar-refractivity contribution >= 4 is 0 Å². The molecule has 3 heteroatoms. The maximum atomic E-state index is 8.65. The monoisotopic (exact) mass is 198 g/mol. The Balaban J connectivity index is 1.89. The van der Waals surface area contributed by atoms with Crippen LogP contribution in [0.3, 0.4) is 0 Å². The molecule has 0 radical (unpaired) electrons. The van der Waals surface area contributed by atoms with Gasteiger partial charge in [-0.15, -0.1) is 0 Å². The molecule has 2 aliphatic rings. The number of aliphatic hydroxyl groups excluding tert-OH is 1. The molecule has 14 heavy (non-hydrogen) atoms. The number of aliphatic hydroxyl groups is 1. The molecule has 1 saturated heterocycles. The zero-order chi connectivity index (χ0) is 9.86. The van der Waals surface area contributed by atoms with Gasteiger partial charge in [0.1, 0.15) is 6.10 Å². The largest absolute Gasteiger partial charge is 0.392 e. The van der Waals surface area contributed by atoms with Crippen LogP contribution in [0.15, 0.2) is 12.2 Å². The van der Waals surface area contributed by atoms with Crippen molar-refractivity contribution in [3.8, 4) is 0 Å². The van der Waals surface area contributed by atoms with Gasteiger partial charge in [0.25, 0.3) is 0 Å². The molecule has 80 valence electrons. The SMILES string of the molecule is OCC=CC1COC2(CCCCC2)O1. The van der Waals surface area contributed by atoms with Crippen LogP contribution in [0.5, 0.6) is 0 Å². The van der Waals surface area contributed by atoms with E-state index in [1.165, 1.54) is 19.3 Å². The molecular weight excluding hydrogens is 180 g/mol. The summed E-state index contributed by atoms with van der Waals surface area (Å²) in [5.41, 5.74) is 0. The zero-order valence-corrected chi connectivity index (χ0v) is 8.45. The summed E-state index contributed by atoms with van der Waals surface area (Å²) in [7, 11) is 0. The lowest BCUT2D eigenvalue weighted by atomic mass is 9.94. The first-order valence-electron chi connectivity index (χ1n) is 5.44. The normalized spacial score (nSPS) is 31.6. The molecule has 0 aromatic heterocycles. The van der Waals surface area contributed by atoms with Crippen molar-refractivity contribution in [3.63, 3.8) is 0 Å². The second kappa shape index (κ2) is 4.43. The van der Waals surface area contributed by atoms with Gasteiger partial charge in [-0.3, -0.25) is 0 Å². The lowest BCUT2D eigenvalue weighted by Gasteiger charge is -2.31. The standard InChI is InChI=1S/C11H18O3/c12-8-4-5-10-9-13-11(14-10)6-2-1-3-7-11/h4-5,10,12H,1-3,6-9H2. The van der Waals surface area contributed by atoms with Crippen molar-refractivity contribution in [2.24, 2.45) is 0 Å². The van der Waals surface area contributed by atoms with Gasteiger partial charge in [0.15, 0.2) is 5.79 Å². The van der Waals surface area contributed by atoms with E-state index < -0.39 is 0 Å². The summed E-state index contributed by atoms with van der Waals surface area (Å²) in [6.07, 6.45) is 9.41. The third kappa shape index (κ3) is 2.16. The zero-order valence-electron chi connectivity index (χ0n) is 8.45. The highest BCUT2D eigenvalue weighted by Crippen LogP contribution is 2.37. The van der Waals surface area contributed by atoms with E-state index >= 15 is 0 Å². The Labute approximate surface area is 84.7 Å². The van der Waals surface area contributed by atoms with Crippen LogP contribution in [0.2, 0.25) is 0 Å². The summed E-state index contributed by atoms with van der Waals surface area (Å²) in [5.74, 6) is -0.289. The van der Waals surface area contributed by atoms with E-state index in [0.717, 1.165) is 12.8 Å². The summed E-state index contributed by atoms with van der Waals surface area (Å²) in [5, 5.41) is 8.65. The lowest BCUT2D eigenvalue weighted by Crippen LogP contribution is -2.33. The molecule has 2 rings (SSSR count). The van der Waals surface area contributed by atoms with Crippen LogP contribution < -0.4 is 0 Å². The fourth-order valence-electron chi connectivity index (χ4n) is 2.24. The third-order valence-corrected chi connectivity index (χ3v) is 2.95. The minimum absolute atomic E-state index is 0.0419. The van der Waals surface area contributed by atoms with E-state index in [1.54, 1.807) is 6.08 Å². The molecule has 1 N–H and O–H groups in total. The fraction of sp³-hybridized carbons (Fsp3) is 0.818. The predicted molar refractivity (Wildman–Crippen MR) is 52.9 cm³/mol. The second-order valence-electron chi connectivity index (χ2n) is 4.05. The van der Waals surface area contributed by atoms with Crippen LogP contribution in [0.25, 0.3) is 0 Å². The Morgan fingerprint density at radius 2 is 2.07 bits per heavy atom. The van der Waals surface area contributed by atoms with Crippen LogP contribution in [0.1, 0.15) is 32.1 Å². The number of rotatable bonds is 2. The average molecular weight is 198 g/mol. The molecule has 3 nitrogen and oxygen atoms in total. The average Bonchev–Trinajstić information content (AvgIpc) is 2.60. The minimum Gasteiger partial charge on any atom is -0.392 e. The van der Waals surface area contributed by atoms with Crippen LogP contribution in [0.4, 0.5) is 0 Å². The second-order valence-corrected chi connectivity index (χ2v) is 4.05. The Morgan fingerprint density at radius 1 is 1.29 bits per heavy atom. The van der Waals surface area contributed by atoms with E-state index in [9.17, 15) is 0 Å². The van der Waals surface area contributed by atoms with Crippen molar-refractivity contribution in [3.05, 3.63) is 12.2 Å². The van der Waals surface area contributed by atoms with Crippen LogP contribution in [-0.2, 0) is 9.47 Å². The molecular formula is C11H18O3. The van der Waals surface area contributed by atoms with E-state index in [2.05, 4.69) is 0 Å². The Kier molecular flexibility index (Phi) is 3.21. The molecule has 1 aliphatic carbocycles. The van der Waals surface area contributed by atoms with Gasteiger partial charge >= 0.3 is 0 Å². The third-order valence-electron chi connectivity index (χ3n) is 2.95. The minimum atomic E-state index is -0.289. The van der Waals surface area contributed by atoms with Crippen molar-refractivity contribution in [2.45, 2.75) is 44.0 Å². The van der Waals surface area contributed by atoms with Gasteiger partial charge in [-0.2, -0.15) is 0 Å². The highest BCUT2D eigenvalue weighted by atomic mass is 16.7. The Hall–Kier alpha value is -0.380. The molecule has 1 heterocycles. The van der Waals surface area contributed by atoms with Gasteiger partial charge in [-0.25, -0.2) is 0 Å². The maximum Gasteiger partial charge on any atom is 0.169 e. The summed E-state index contributed by atoms with van der Waals surface area (Å²) in [6.45, 7) is 0.712. The molecule has 1 unspecified atom stereocenters. The van der Waals surface area contributed by atoms with Gasteiger partial charge < -0.3 is 14.6 Å². The Bertz CT molecular complexity index is 207. The van der Waals surface area contributed by atoms with Gasteiger partial charge in [0, 0.05) is 12.8 Å². The smallest absolute Gasteiger partial charge is 0.169 e. The van der Waals surface area contributed by atoms with Gasteiger partial charge in [-0.1, -0.05) is 18.6 Å². The van der Waals surface area contributed by atoms with Gasteiger partial charge in [0.05, 0.1) is 13.2 Å². The first kappa shape index (κ1) is 10.1. The topological polar surface area (TPSA) is 38.7 Å². The summed E-state index contributed by atoms with van der Waals surface area (Å²) in [4.78, 5) is 0. The summed E-state index contributed by atoms with van der Waals surface area (Å²) < 4.78 is 11.6. The van der Waals surface area contributed by atoms with E-state index in [1.807, 2.05) is 6.08 Å². The Morgan fingerprint density at radius 3 is 2.79 bits per heavy atom. The first-order chi connectivity index (χ1) is 6.85. The van der Waals surface area contributed by atoms with Gasteiger partial charge in [0.2, 0.25) is 0 Å². The summed E-state index contributed by atoms with van der Waals surface area (Å²) >= 11 is 0. The molecule has 0 bridgehead atoms. The molecule has 0 aromatic rings. The predicted octanol–water partition coefficient (Wildman–Crippen LogP) is 1.61. The molecule has 0 aromatic carbocycles. The van der Waals surface area contributed by atoms with Crippen molar-refractivity contribution < 1.29 is 14.6 Å². The molecule has 1 atom stereocenters. The lowest BCUT2D eigenvalue weighted by molar-refractivity contribution is -0.182. The number of ether oxygens (including phenoxy) is 2. The first-order valence-corrected chi connectivity index (χ1v) is 5.44. The molecule has 1 spiro atoms. The molecule has 1 saturated carbocycles. The quantitative estimate of drug-likeness (QED) is 0.685. The number of hydrogen-bond donors (Lipinski definition) is 1. The van der Waals surface area contributed by atoms with E-state index in [4.69, 9.17) is 14.6 Å². The van der Waals surface area contributed by atoms with Crippen molar-refractivity contribution in [1.29, 1.82) is 0 Å².